The topological polar surface area (TPSA) is 64.3 Å². The van der Waals surface area contributed by atoms with Gasteiger partial charge in [-0.1, -0.05) is 49.2 Å². The number of imidazole rings is 1. The third kappa shape index (κ3) is 3.64. The van der Waals surface area contributed by atoms with Crippen LogP contribution in [0, 0.1) is 0 Å². The molecule has 0 unspecified atom stereocenters. The second-order valence-electron chi connectivity index (χ2n) is 8.26. The van der Waals surface area contributed by atoms with Crippen LogP contribution >= 0.6 is 0 Å². The maximum absolute atomic E-state index is 11.5. The zero-order valence-corrected chi connectivity index (χ0v) is 18.1. The molecule has 0 atom stereocenters. The second-order valence-corrected chi connectivity index (χ2v) is 8.26. The van der Waals surface area contributed by atoms with E-state index in [1.807, 2.05) is 31.2 Å². The third-order valence-corrected chi connectivity index (χ3v) is 6.26. The molecule has 0 bridgehead atoms. The Morgan fingerprint density at radius 1 is 1.03 bits per heavy atom. The van der Waals surface area contributed by atoms with Crippen LogP contribution in [0.5, 0.6) is 5.75 Å². The Bertz CT molecular complexity index is 1270. The van der Waals surface area contributed by atoms with Crippen LogP contribution in [0.4, 0.5) is 0 Å². The smallest absolute Gasteiger partial charge is 0.335 e. The molecule has 1 aliphatic rings. The first-order valence-electron chi connectivity index (χ1n) is 11.2. The summed E-state index contributed by atoms with van der Waals surface area (Å²) in [5.74, 6) is 0.699. The van der Waals surface area contributed by atoms with Gasteiger partial charge in [0.2, 0.25) is 0 Å². The maximum Gasteiger partial charge on any atom is 0.335 e. The quantitative estimate of drug-likeness (QED) is 0.378. The fourth-order valence-corrected chi connectivity index (χ4v) is 4.75. The van der Waals surface area contributed by atoms with E-state index in [0.29, 0.717) is 18.2 Å². The highest BCUT2D eigenvalue weighted by Crippen LogP contribution is 2.40. The predicted molar refractivity (Wildman–Crippen MR) is 126 cm³/mol. The number of aromatic nitrogens is 2. The first-order valence-corrected chi connectivity index (χ1v) is 11.2. The lowest BCUT2D eigenvalue weighted by molar-refractivity contribution is 0.0697. The molecule has 1 aromatic heterocycles. The van der Waals surface area contributed by atoms with Crippen LogP contribution in [0.15, 0.2) is 66.7 Å². The highest BCUT2D eigenvalue weighted by atomic mass is 16.5. The lowest BCUT2D eigenvalue weighted by Gasteiger charge is -2.19. The minimum atomic E-state index is -0.939. The Labute approximate surface area is 187 Å². The molecule has 162 valence electrons. The molecule has 1 fully saturated rings. The van der Waals surface area contributed by atoms with Gasteiger partial charge in [0.25, 0.3) is 0 Å². The number of carbonyl (C=O) groups is 1. The number of fused-ring (bicyclic) bond motifs is 1. The molecule has 0 spiro atoms. The van der Waals surface area contributed by atoms with E-state index < -0.39 is 5.97 Å². The monoisotopic (exact) mass is 426 g/mol. The van der Waals surface area contributed by atoms with Gasteiger partial charge in [-0.3, -0.25) is 0 Å². The summed E-state index contributed by atoms with van der Waals surface area (Å²) < 4.78 is 8.38. The number of ether oxygens (including phenoxy) is 1. The zero-order chi connectivity index (χ0) is 22.1. The van der Waals surface area contributed by atoms with E-state index in [-0.39, 0.29) is 5.56 Å². The first kappa shape index (κ1) is 20.3. The molecule has 3 aromatic carbocycles. The summed E-state index contributed by atoms with van der Waals surface area (Å²) in [5, 5.41) is 9.45. The molecule has 0 saturated heterocycles. The van der Waals surface area contributed by atoms with Crippen molar-refractivity contribution in [3.63, 3.8) is 0 Å². The average Bonchev–Trinajstić information content (AvgIpc) is 3.47. The number of carboxylic acid groups (broad SMARTS) is 1. The summed E-state index contributed by atoms with van der Waals surface area (Å²) in [6.45, 7) is 2.54. The first-order chi connectivity index (χ1) is 15.7. The van der Waals surface area contributed by atoms with Crippen molar-refractivity contribution < 1.29 is 14.6 Å². The Morgan fingerprint density at radius 3 is 2.53 bits per heavy atom. The number of hydrogen-bond donors (Lipinski definition) is 1. The molecular weight excluding hydrogens is 400 g/mol. The summed E-state index contributed by atoms with van der Waals surface area (Å²) in [7, 11) is 0. The van der Waals surface area contributed by atoms with Crippen LogP contribution in [-0.4, -0.2) is 27.2 Å². The van der Waals surface area contributed by atoms with E-state index in [9.17, 15) is 9.90 Å². The zero-order valence-electron chi connectivity index (χ0n) is 18.1. The van der Waals surface area contributed by atoms with Gasteiger partial charge in [-0.05, 0) is 61.2 Å². The number of rotatable bonds is 6. The molecule has 5 rings (SSSR count). The van der Waals surface area contributed by atoms with Crippen LogP contribution in [-0.2, 0) is 0 Å². The Kier molecular flexibility index (Phi) is 5.39. The summed E-state index contributed by atoms with van der Waals surface area (Å²) in [4.78, 5) is 16.5. The van der Waals surface area contributed by atoms with E-state index in [1.165, 1.54) is 12.8 Å². The van der Waals surface area contributed by atoms with Gasteiger partial charge in [0.1, 0.15) is 11.6 Å². The van der Waals surface area contributed by atoms with Crippen LogP contribution in [0.2, 0.25) is 0 Å². The van der Waals surface area contributed by atoms with Crippen molar-refractivity contribution in [2.24, 2.45) is 0 Å². The van der Waals surface area contributed by atoms with E-state index in [2.05, 4.69) is 34.9 Å². The predicted octanol–water partition coefficient (Wildman–Crippen LogP) is 6.58. The number of hydrogen-bond acceptors (Lipinski definition) is 3. The Hall–Kier alpha value is -3.60. The van der Waals surface area contributed by atoms with Gasteiger partial charge in [0.15, 0.2) is 0 Å². The molecule has 0 radical (unpaired) electrons. The molecule has 1 aliphatic carbocycles. The van der Waals surface area contributed by atoms with E-state index >= 15 is 0 Å². The molecular formula is C27H26N2O3. The van der Waals surface area contributed by atoms with Gasteiger partial charge in [-0.25, -0.2) is 9.78 Å². The normalized spacial score (nSPS) is 14.2. The van der Waals surface area contributed by atoms with E-state index in [4.69, 9.17) is 9.72 Å². The van der Waals surface area contributed by atoms with Crippen molar-refractivity contribution in [2.75, 3.05) is 6.61 Å². The van der Waals surface area contributed by atoms with Crippen molar-refractivity contribution in [2.45, 2.75) is 38.6 Å². The van der Waals surface area contributed by atoms with Gasteiger partial charge in [0, 0.05) is 6.04 Å². The SMILES string of the molecule is CCOc1cc(-c2ccccc2)ccc1-c1nc2cc(C(=O)O)ccc2n1C1CCCC1. The fourth-order valence-electron chi connectivity index (χ4n) is 4.75. The number of benzene rings is 3. The number of nitrogens with zero attached hydrogens (tertiary/aromatic N) is 2. The summed E-state index contributed by atoms with van der Waals surface area (Å²) in [6.07, 6.45) is 4.60. The van der Waals surface area contributed by atoms with E-state index in [0.717, 1.165) is 46.6 Å². The van der Waals surface area contributed by atoms with Crippen molar-refractivity contribution in [1.82, 2.24) is 9.55 Å². The Balaban J connectivity index is 1.70. The highest BCUT2D eigenvalue weighted by Gasteiger charge is 2.25. The lowest BCUT2D eigenvalue weighted by Crippen LogP contribution is -2.07. The number of carboxylic acids is 1. The molecule has 32 heavy (non-hydrogen) atoms. The van der Waals surface area contributed by atoms with E-state index in [1.54, 1.807) is 12.1 Å². The standard InChI is InChI=1S/C27H26N2O3/c1-2-32-25-17-19(18-8-4-3-5-9-18)12-14-22(25)26-28-23-16-20(27(30)31)13-15-24(23)29(26)21-10-6-7-11-21/h3-5,8-9,12-17,21H,2,6-7,10-11H2,1H3,(H,30,31). The second kappa shape index (κ2) is 8.50. The molecule has 5 heteroatoms. The minimum absolute atomic E-state index is 0.254. The van der Waals surface area contributed by atoms with Gasteiger partial charge in [0.05, 0.1) is 28.8 Å². The fraction of sp³-hybridized carbons (Fsp3) is 0.259. The largest absolute Gasteiger partial charge is 0.493 e. The van der Waals surface area contributed by atoms with Crippen molar-refractivity contribution >= 4 is 17.0 Å². The molecule has 4 aromatic rings. The highest BCUT2D eigenvalue weighted by molar-refractivity contribution is 5.93. The summed E-state index contributed by atoms with van der Waals surface area (Å²) in [6, 6.07) is 22.1. The van der Waals surface area contributed by atoms with Gasteiger partial charge >= 0.3 is 5.97 Å². The molecule has 0 aliphatic heterocycles. The van der Waals surface area contributed by atoms with Gasteiger partial charge in [-0.15, -0.1) is 0 Å². The molecule has 1 N–H and O–H groups in total. The molecule has 0 amide bonds. The molecule has 5 nitrogen and oxygen atoms in total. The summed E-state index contributed by atoms with van der Waals surface area (Å²) >= 11 is 0. The van der Waals surface area contributed by atoms with Crippen LogP contribution < -0.4 is 4.74 Å². The van der Waals surface area contributed by atoms with Gasteiger partial charge < -0.3 is 14.4 Å². The average molecular weight is 427 g/mol. The molecule has 1 saturated carbocycles. The third-order valence-electron chi connectivity index (χ3n) is 6.26. The van der Waals surface area contributed by atoms with Crippen LogP contribution in [0.3, 0.4) is 0 Å². The lowest BCUT2D eigenvalue weighted by atomic mass is 10.0. The molecule has 1 heterocycles. The maximum atomic E-state index is 11.5. The van der Waals surface area contributed by atoms with Crippen molar-refractivity contribution in [1.29, 1.82) is 0 Å². The number of aromatic carboxylic acids is 1. The van der Waals surface area contributed by atoms with Crippen LogP contribution in [0.25, 0.3) is 33.5 Å². The van der Waals surface area contributed by atoms with Crippen LogP contribution in [0.1, 0.15) is 49.0 Å². The van der Waals surface area contributed by atoms with Crippen molar-refractivity contribution in [3.8, 4) is 28.3 Å². The van der Waals surface area contributed by atoms with Crippen molar-refractivity contribution in [3.05, 3.63) is 72.3 Å². The minimum Gasteiger partial charge on any atom is -0.493 e. The van der Waals surface area contributed by atoms with Gasteiger partial charge in [-0.2, -0.15) is 0 Å². The Morgan fingerprint density at radius 2 is 1.81 bits per heavy atom. The summed E-state index contributed by atoms with van der Waals surface area (Å²) in [5.41, 5.74) is 5.11.